The van der Waals surface area contributed by atoms with Gasteiger partial charge >= 0.3 is 6.18 Å². The molecule has 0 atom stereocenters. The standard InChI is InChI=1S/C20H29F3N4O/c1-12(2)16-8-14(15-9-24-27(13(3)4)17(15)25-16)18(28)26(10-19(5,6)7)11-20(21,22)23/h8-9,12-13H,10-11H2,1-7H3. The third kappa shape index (κ3) is 5.23. The van der Waals surface area contributed by atoms with Crippen LogP contribution in [-0.2, 0) is 0 Å². The summed E-state index contributed by atoms with van der Waals surface area (Å²) in [5, 5.41) is 4.78. The van der Waals surface area contributed by atoms with Crippen molar-refractivity contribution >= 4 is 16.9 Å². The highest BCUT2D eigenvalue weighted by atomic mass is 19.4. The molecule has 0 spiro atoms. The number of fused-ring (bicyclic) bond motifs is 1. The summed E-state index contributed by atoms with van der Waals surface area (Å²) in [6.07, 6.45) is -2.96. The van der Waals surface area contributed by atoms with Crippen molar-refractivity contribution in [2.45, 2.75) is 66.6 Å². The quantitative estimate of drug-likeness (QED) is 0.697. The van der Waals surface area contributed by atoms with E-state index in [-0.39, 0.29) is 24.1 Å². The number of nitrogens with zero attached hydrogens (tertiary/aromatic N) is 4. The van der Waals surface area contributed by atoms with Crippen LogP contribution in [0, 0.1) is 5.41 Å². The maximum atomic E-state index is 13.2. The average Bonchev–Trinajstić information content (AvgIpc) is 2.93. The second kappa shape index (κ2) is 7.72. The lowest BCUT2D eigenvalue weighted by Crippen LogP contribution is -2.43. The molecule has 0 saturated carbocycles. The van der Waals surface area contributed by atoms with Gasteiger partial charge in [-0.25, -0.2) is 9.67 Å². The molecule has 2 rings (SSSR count). The van der Waals surface area contributed by atoms with Crippen LogP contribution in [0.5, 0.6) is 0 Å². The maximum Gasteiger partial charge on any atom is 0.406 e. The zero-order valence-electron chi connectivity index (χ0n) is 17.6. The van der Waals surface area contributed by atoms with Gasteiger partial charge in [0.25, 0.3) is 5.91 Å². The number of hydrogen-bond donors (Lipinski definition) is 0. The van der Waals surface area contributed by atoms with E-state index in [9.17, 15) is 18.0 Å². The number of aromatic nitrogens is 3. The summed E-state index contributed by atoms with van der Waals surface area (Å²) in [7, 11) is 0. The van der Waals surface area contributed by atoms with Crippen LogP contribution in [0.4, 0.5) is 13.2 Å². The van der Waals surface area contributed by atoms with E-state index in [1.165, 1.54) is 6.20 Å². The first kappa shape index (κ1) is 22.2. The molecule has 0 fully saturated rings. The van der Waals surface area contributed by atoms with E-state index in [1.807, 2.05) is 48.5 Å². The van der Waals surface area contributed by atoms with Crippen LogP contribution >= 0.6 is 0 Å². The number of hydrogen-bond acceptors (Lipinski definition) is 3. The zero-order chi connectivity index (χ0) is 21.4. The number of alkyl halides is 3. The Morgan fingerprint density at radius 3 is 2.21 bits per heavy atom. The van der Waals surface area contributed by atoms with Crippen LogP contribution < -0.4 is 0 Å². The van der Waals surface area contributed by atoms with E-state index in [0.29, 0.717) is 16.7 Å². The van der Waals surface area contributed by atoms with Crippen molar-refractivity contribution in [2.24, 2.45) is 5.41 Å². The summed E-state index contributed by atoms with van der Waals surface area (Å²) < 4.78 is 41.2. The molecule has 28 heavy (non-hydrogen) atoms. The van der Waals surface area contributed by atoms with E-state index in [4.69, 9.17) is 0 Å². The van der Waals surface area contributed by atoms with Crippen LogP contribution in [0.25, 0.3) is 11.0 Å². The molecule has 0 N–H and O–H groups in total. The van der Waals surface area contributed by atoms with Crippen LogP contribution in [0.15, 0.2) is 12.3 Å². The van der Waals surface area contributed by atoms with Gasteiger partial charge in [-0.15, -0.1) is 0 Å². The Labute approximate surface area is 163 Å². The second-order valence-corrected chi connectivity index (χ2v) is 9.01. The first-order chi connectivity index (χ1) is 12.7. The predicted octanol–water partition coefficient (Wildman–Crippen LogP) is 5.19. The van der Waals surface area contributed by atoms with Crippen molar-refractivity contribution < 1.29 is 18.0 Å². The van der Waals surface area contributed by atoms with Crippen LogP contribution in [0.3, 0.4) is 0 Å². The average molecular weight is 398 g/mol. The van der Waals surface area contributed by atoms with Gasteiger partial charge in [0.05, 0.1) is 17.1 Å². The fourth-order valence-corrected chi connectivity index (χ4v) is 3.05. The number of carbonyl (C=O) groups excluding carboxylic acids is 1. The van der Waals surface area contributed by atoms with Crippen molar-refractivity contribution in [3.8, 4) is 0 Å². The highest BCUT2D eigenvalue weighted by Crippen LogP contribution is 2.28. The lowest BCUT2D eigenvalue weighted by atomic mass is 9.95. The number of amides is 1. The van der Waals surface area contributed by atoms with E-state index >= 15 is 0 Å². The number of carbonyl (C=O) groups is 1. The summed E-state index contributed by atoms with van der Waals surface area (Å²) in [5.74, 6) is -0.630. The molecule has 8 heteroatoms. The Kier molecular flexibility index (Phi) is 6.11. The topological polar surface area (TPSA) is 51.0 Å². The summed E-state index contributed by atoms with van der Waals surface area (Å²) in [6, 6.07) is 1.62. The Morgan fingerprint density at radius 1 is 1.14 bits per heavy atom. The molecule has 0 saturated heterocycles. The van der Waals surface area contributed by atoms with Gasteiger partial charge in [-0.05, 0) is 31.2 Å². The molecule has 156 valence electrons. The molecule has 0 aromatic carbocycles. The van der Waals surface area contributed by atoms with Crippen molar-refractivity contribution in [2.75, 3.05) is 13.1 Å². The minimum Gasteiger partial charge on any atom is -0.329 e. The summed E-state index contributed by atoms with van der Waals surface area (Å²) >= 11 is 0. The van der Waals surface area contributed by atoms with E-state index < -0.39 is 24.0 Å². The Balaban J connectivity index is 2.63. The van der Waals surface area contributed by atoms with Gasteiger partial charge in [-0.3, -0.25) is 4.79 Å². The molecule has 2 heterocycles. The Bertz CT molecular complexity index is 831. The van der Waals surface area contributed by atoms with Crippen LogP contribution in [-0.4, -0.2) is 44.8 Å². The fraction of sp³-hybridized carbons (Fsp3) is 0.650. The van der Waals surface area contributed by atoms with E-state index in [0.717, 1.165) is 4.90 Å². The van der Waals surface area contributed by atoms with Gasteiger partial charge in [0.1, 0.15) is 6.54 Å². The normalized spacial score (nSPS) is 13.0. The second-order valence-electron chi connectivity index (χ2n) is 9.01. The van der Waals surface area contributed by atoms with E-state index in [1.54, 1.807) is 10.7 Å². The minimum absolute atomic E-state index is 0.00944. The highest BCUT2D eigenvalue weighted by molar-refractivity contribution is 6.05. The number of pyridine rings is 1. The maximum absolute atomic E-state index is 13.2. The van der Waals surface area contributed by atoms with Crippen molar-refractivity contribution in [3.05, 3.63) is 23.5 Å². The Morgan fingerprint density at radius 2 is 1.75 bits per heavy atom. The molecule has 0 bridgehead atoms. The van der Waals surface area contributed by atoms with Crippen LogP contribution in [0.1, 0.15) is 76.5 Å². The largest absolute Gasteiger partial charge is 0.406 e. The molecular weight excluding hydrogens is 369 g/mol. The molecule has 0 unspecified atom stereocenters. The van der Waals surface area contributed by atoms with Gasteiger partial charge in [0.2, 0.25) is 0 Å². The molecule has 1 amide bonds. The molecule has 5 nitrogen and oxygen atoms in total. The third-order valence-electron chi connectivity index (χ3n) is 4.22. The summed E-state index contributed by atoms with van der Waals surface area (Å²) in [4.78, 5) is 18.7. The highest BCUT2D eigenvalue weighted by Gasteiger charge is 2.36. The van der Waals surface area contributed by atoms with Gasteiger partial charge in [0.15, 0.2) is 5.65 Å². The summed E-state index contributed by atoms with van der Waals surface area (Å²) in [5.41, 5.74) is 0.915. The molecule has 2 aromatic rings. The molecule has 0 aliphatic rings. The monoisotopic (exact) mass is 398 g/mol. The number of halogens is 3. The zero-order valence-corrected chi connectivity index (χ0v) is 17.6. The Hall–Kier alpha value is -2.12. The molecular formula is C20H29F3N4O. The van der Waals surface area contributed by atoms with Crippen molar-refractivity contribution in [1.29, 1.82) is 0 Å². The van der Waals surface area contributed by atoms with Gasteiger partial charge in [-0.2, -0.15) is 18.3 Å². The van der Waals surface area contributed by atoms with Gasteiger partial charge < -0.3 is 4.90 Å². The predicted molar refractivity (Wildman–Crippen MR) is 103 cm³/mol. The van der Waals surface area contributed by atoms with Gasteiger partial charge in [0, 0.05) is 18.3 Å². The SMILES string of the molecule is CC(C)c1cc(C(=O)N(CC(C)(C)C)CC(F)(F)F)c2cnn(C(C)C)c2n1. The molecule has 0 aliphatic heterocycles. The van der Waals surface area contributed by atoms with Crippen molar-refractivity contribution in [3.63, 3.8) is 0 Å². The first-order valence-electron chi connectivity index (χ1n) is 9.44. The summed E-state index contributed by atoms with van der Waals surface area (Å²) in [6.45, 7) is 11.9. The third-order valence-corrected chi connectivity index (χ3v) is 4.22. The van der Waals surface area contributed by atoms with E-state index in [2.05, 4.69) is 10.1 Å². The van der Waals surface area contributed by atoms with Crippen molar-refractivity contribution in [1.82, 2.24) is 19.7 Å². The first-order valence-corrected chi connectivity index (χ1v) is 9.44. The smallest absolute Gasteiger partial charge is 0.329 e. The van der Waals surface area contributed by atoms with Gasteiger partial charge in [-0.1, -0.05) is 34.6 Å². The molecule has 0 aliphatic carbocycles. The molecule has 2 aromatic heterocycles. The number of rotatable bonds is 5. The lowest BCUT2D eigenvalue weighted by Gasteiger charge is -2.31. The van der Waals surface area contributed by atoms with Crippen LogP contribution in [0.2, 0.25) is 0 Å². The minimum atomic E-state index is -4.48. The molecule has 0 radical (unpaired) electrons. The fourth-order valence-electron chi connectivity index (χ4n) is 3.05. The lowest BCUT2D eigenvalue weighted by molar-refractivity contribution is -0.142.